The summed E-state index contributed by atoms with van der Waals surface area (Å²) in [6.45, 7) is 4.43. The Balaban J connectivity index is 1.74. The van der Waals surface area contributed by atoms with Gasteiger partial charge in [0.15, 0.2) is 6.61 Å². The third-order valence-electron chi connectivity index (χ3n) is 2.97. The highest BCUT2D eigenvalue weighted by Crippen LogP contribution is 2.16. The maximum Gasteiger partial charge on any atom is 0.258 e. The molecule has 2 rings (SSSR count). The summed E-state index contributed by atoms with van der Waals surface area (Å²) in [5.41, 5.74) is 1.01. The molecule has 2 aromatic rings. The Morgan fingerprint density at radius 3 is 2.26 bits per heavy atom. The average Bonchev–Trinajstić information content (AvgIpc) is 2.53. The summed E-state index contributed by atoms with van der Waals surface area (Å²) in [5.74, 6) is 1.34. The third-order valence-corrected chi connectivity index (χ3v) is 3.50. The third kappa shape index (κ3) is 6.32. The topological polar surface area (TPSA) is 47.6 Å². The van der Waals surface area contributed by atoms with E-state index < -0.39 is 0 Å². The summed E-state index contributed by atoms with van der Waals surface area (Å²) in [4.78, 5) is 11.8. The van der Waals surface area contributed by atoms with Crippen LogP contribution in [0.5, 0.6) is 11.5 Å². The maximum atomic E-state index is 11.8. The number of hydrogen-bond acceptors (Lipinski definition) is 3. The van der Waals surface area contributed by atoms with Crippen molar-refractivity contribution < 1.29 is 14.3 Å². The van der Waals surface area contributed by atoms with E-state index >= 15 is 0 Å². The van der Waals surface area contributed by atoms with Gasteiger partial charge in [-0.3, -0.25) is 4.79 Å². The number of halogens is 1. The minimum atomic E-state index is -0.157. The van der Waals surface area contributed by atoms with Gasteiger partial charge in [-0.05, 0) is 55.8 Å². The molecule has 0 spiro atoms. The number of hydrogen-bond donors (Lipinski definition) is 1. The van der Waals surface area contributed by atoms with Crippen molar-refractivity contribution in [1.29, 1.82) is 0 Å². The molecule has 0 saturated carbocycles. The van der Waals surface area contributed by atoms with E-state index in [1.54, 1.807) is 0 Å². The molecule has 122 valence electrons. The van der Waals surface area contributed by atoms with Crippen LogP contribution in [0.3, 0.4) is 0 Å². The fourth-order valence-corrected chi connectivity index (χ4v) is 2.15. The van der Waals surface area contributed by atoms with Crippen LogP contribution in [0, 0.1) is 0 Å². The summed E-state index contributed by atoms with van der Waals surface area (Å²) in [6.07, 6.45) is 0.149. The van der Waals surface area contributed by atoms with Crippen LogP contribution >= 0.6 is 15.9 Å². The molecule has 0 bridgehead atoms. The molecule has 0 aliphatic carbocycles. The average molecular weight is 378 g/mol. The van der Waals surface area contributed by atoms with Crippen molar-refractivity contribution in [3.63, 3.8) is 0 Å². The summed E-state index contributed by atoms with van der Waals surface area (Å²) in [5, 5.41) is 2.83. The monoisotopic (exact) mass is 377 g/mol. The molecule has 0 saturated heterocycles. The first-order chi connectivity index (χ1) is 11.0. The second kappa shape index (κ2) is 8.58. The van der Waals surface area contributed by atoms with Crippen molar-refractivity contribution in [2.45, 2.75) is 26.5 Å². The van der Waals surface area contributed by atoms with E-state index in [9.17, 15) is 4.79 Å². The normalized spacial score (nSPS) is 10.4. The number of carbonyl (C=O) groups excluding carboxylic acids is 1. The van der Waals surface area contributed by atoms with Crippen LogP contribution in [0.2, 0.25) is 0 Å². The molecule has 4 nitrogen and oxygen atoms in total. The van der Waals surface area contributed by atoms with E-state index in [0.717, 1.165) is 15.8 Å². The molecule has 0 atom stereocenters. The van der Waals surface area contributed by atoms with Crippen molar-refractivity contribution in [1.82, 2.24) is 5.32 Å². The van der Waals surface area contributed by atoms with Crippen LogP contribution in [0.15, 0.2) is 53.0 Å². The number of carbonyl (C=O) groups is 1. The highest BCUT2D eigenvalue weighted by molar-refractivity contribution is 9.10. The van der Waals surface area contributed by atoms with Crippen LogP contribution in [-0.2, 0) is 11.3 Å². The zero-order valence-electron chi connectivity index (χ0n) is 13.2. The van der Waals surface area contributed by atoms with Gasteiger partial charge < -0.3 is 14.8 Å². The molecule has 1 amide bonds. The molecule has 0 unspecified atom stereocenters. The molecule has 2 aromatic carbocycles. The van der Waals surface area contributed by atoms with Crippen LogP contribution in [0.25, 0.3) is 0 Å². The molecule has 0 aromatic heterocycles. The Hall–Kier alpha value is -2.01. The lowest BCUT2D eigenvalue weighted by atomic mass is 10.2. The first-order valence-corrected chi connectivity index (χ1v) is 8.23. The molecular weight excluding hydrogens is 358 g/mol. The number of amides is 1. The van der Waals surface area contributed by atoms with Crippen LogP contribution in [0.1, 0.15) is 19.4 Å². The van der Waals surface area contributed by atoms with Gasteiger partial charge in [0, 0.05) is 11.0 Å². The first kappa shape index (κ1) is 17.3. The number of rotatable bonds is 7. The first-order valence-electron chi connectivity index (χ1n) is 7.43. The SMILES string of the molecule is CC(C)Oc1ccc(CNC(=O)COc2ccc(Br)cc2)cc1. The smallest absolute Gasteiger partial charge is 0.258 e. The van der Waals surface area contributed by atoms with E-state index in [-0.39, 0.29) is 18.6 Å². The van der Waals surface area contributed by atoms with Crippen LogP contribution < -0.4 is 14.8 Å². The largest absolute Gasteiger partial charge is 0.491 e. The van der Waals surface area contributed by atoms with Gasteiger partial charge in [0.1, 0.15) is 11.5 Å². The number of ether oxygens (including phenoxy) is 2. The van der Waals surface area contributed by atoms with Gasteiger partial charge in [-0.2, -0.15) is 0 Å². The lowest BCUT2D eigenvalue weighted by molar-refractivity contribution is -0.123. The van der Waals surface area contributed by atoms with Gasteiger partial charge in [0.05, 0.1) is 6.10 Å². The molecule has 1 N–H and O–H groups in total. The predicted octanol–water partition coefficient (Wildman–Crippen LogP) is 3.93. The fraction of sp³-hybridized carbons (Fsp3) is 0.278. The van der Waals surface area contributed by atoms with Crippen molar-refractivity contribution in [3.8, 4) is 11.5 Å². The second-order valence-electron chi connectivity index (χ2n) is 5.33. The van der Waals surface area contributed by atoms with Crippen LogP contribution in [-0.4, -0.2) is 18.6 Å². The Morgan fingerprint density at radius 2 is 1.65 bits per heavy atom. The summed E-state index contributed by atoms with van der Waals surface area (Å²) in [6, 6.07) is 15.0. The van der Waals surface area contributed by atoms with Gasteiger partial charge in [-0.25, -0.2) is 0 Å². The minimum Gasteiger partial charge on any atom is -0.491 e. The second-order valence-corrected chi connectivity index (χ2v) is 6.25. The highest BCUT2D eigenvalue weighted by Gasteiger charge is 2.04. The molecular formula is C18H20BrNO3. The van der Waals surface area contributed by atoms with Crippen molar-refractivity contribution in [2.24, 2.45) is 0 Å². The van der Waals surface area contributed by atoms with E-state index in [2.05, 4.69) is 21.2 Å². The van der Waals surface area contributed by atoms with E-state index in [1.807, 2.05) is 62.4 Å². The van der Waals surface area contributed by atoms with Crippen LogP contribution in [0.4, 0.5) is 0 Å². The van der Waals surface area contributed by atoms with Gasteiger partial charge in [0.25, 0.3) is 5.91 Å². The van der Waals surface area contributed by atoms with Gasteiger partial charge in [-0.15, -0.1) is 0 Å². The zero-order valence-corrected chi connectivity index (χ0v) is 14.8. The Morgan fingerprint density at radius 1 is 1.04 bits per heavy atom. The summed E-state index contributed by atoms with van der Waals surface area (Å²) in [7, 11) is 0. The Kier molecular flexibility index (Phi) is 6.47. The highest BCUT2D eigenvalue weighted by atomic mass is 79.9. The molecule has 0 aliphatic heterocycles. The quantitative estimate of drug-likeness (QED) is 0.794. The van der Waals surface area contributed by atoms with E-state index in [1.165, 1.54) is 0 Å². The van der Waals surface area contributed by atoms with Gasteiger partial charge >= 0.3 is 0 Å². The molecule has 23 heavy (non-hydrogen) atoms. The lowest BCUT2D eigenvalue weighted by Crippen LogP contribution is -2.28. The maximum absolute atomic E-state index is 11.8. The Bertz CT molecular complexity index is 624. The Labute approximate surface area is 144 Å². The summed E-state index contributed by atoms with van der Waals surface area (Å²) < 4.78 is 12.0. The molecule has 0 radical (unpaired) electrons. The van der Waals surface area contributed by atoms with E-state index in [0.29, 0.717) is 12.3 Å². The van der Waals surface area contributed by atoms with Crippen molar-refractivity contribution >= 4 is 21.8 Å². The predicted molar refractivity (Wildman–Crippen MR) is 93.7 cm³/mol. The van der Waals surface area contributed by atoms with Crippen molar-refractivity contribution in [2.75, 3.05) is 6.61 Å². The fourth-order valence-electron chi connectivity index (χ4n) is 1.89. The molecule has 0 heterocycles. The number of nitrogens with one attached hydrogen (secondary N) is 1. The van der Waals surface area contributed by atoms with E-state index in [4.69, 9.17) is 9.47 Å². The molecule has 0 aliphatic rings. The van der Waals surface area contributed by atoms with Crippen molar-refractivity contribution in [3.05, 3.63) is 58.6 Å². The number of benzene rings is 2. The summed E-state index contributed by atoms with van der Waals surface area (Å²) >= 11 is 3.35. The molecule has 5 heteroatoms. The molecule has 0 fully saturated rings. The van der Waals surface area contributed by atoms with Gasteiger partial charge in [-0.1, -0.05) is 28.1 Å². The lowest BCUT2D eigenvalue weighted by Gasteiger charge is -2.11. The minimum absolute atomic E-state index is 0.00379. The van der Waals surface area contributed by atoms with Gasteiger partial charge in [0.2, 0.25) is 0 Å². The standard InChI is InChI=1S/C18H20BrNO3/c1-13(2)23-17-7-3-14(4-8-17)11-20-18(21)12-22-16-9-5-15(19)6-10-16/h3-10,13H,11-12H2,1-2H3,(H,20,21). The zero-order chi connectivity index (χ0) is 16.7.